The second-order valence-electron chi connectivity index (χ2n) is 5.82. The summed E-state index contributed by atoms with van der Waals surface area (Å²) in [7, 11) is 1.69. The number of ether oxygens (including phenoxy) is 1. The van der Waals surface area contributed by atoms with Gasteiger partial charge in [-0.15, -0.1) is 0 Å². The Morgan fingerprint density at radius 1 is 1.17 bits per heavy atom. The molecule has 4 heteroatoms. The first-order chi connectivity index (χ1) is 11.6. The fraction of sp³-hybridized carbons (Fsp3) is 0.350. The van der Waals surface area contributed by atoms with E-state index < -0.39 is 5.60 Å². The molecular weight excluding hydrogens is 322 g/mol. The Balaban J connectivity index is 1.93. The first-order valence-electron chi connectivity index (χ1n) is 8.21. The van der Waals surface area contributed by atoms with Crippen LogP contribution < -0.4 is 5.32 Å². The van der Waals surface area contributed by atoms with Crippen molar-refractivity contribution in [3.05, 3.63) is 70.7 Å². The Labute approximate surface area is 149 Å². The van der Waals surface area contributed by atoms with Crippen LogP contribution in [0.15, 0.2) is 54.6 Å². The summed E-state index contributed by atoms with van der Waals surface area (Å²) in [5, 5.41) is 3.71. The van der Waals surface area contributed by atoms with Gasteiger partial charge in [0.15, 0.2) is 0 Å². The van der Waals surface area contributed by atoms with E-state index in [1.165, 1.54) is 0 Å². The van der Waals surface area contributed by atoms with E-state index in [0.717, 1.165) is 17.5 Å². The maximum atomic E-state index is 12.2. The second kappa shape index (κ2) is 8.86. The number of carbonyl (C=O) groups excluding carboxylic acids is 1. The van der Waals surface area contributed by atoms with E-state index in [1.54, 1.807) is 7.11 Å². The van der Waals surface area contributed by atoms with E-state index in [4.69, 9.17) is 16.3 Å². The molecule has 0 aliphatic carbocycles. The topological polar surface area (TPSA) is 38.3 Å². The van der Waals surface area contributed by atoms with Gasteiger partial charge in [0.1, 0.15) is 5.60 Å². The van der Waals surface area contributed by atoms with Crippen LogP contribution in [0.5, 0.6) is 0 Å². The van der Waals surface area contributed by atoms with E-state index >= 15 is 0 Å². The molecule has 128 valence electrons. The third-order valence-electron chi connectivity index (χ3n) is 4.36. The molecule has 0 spiro atoms. The number of hydrogen-bond donors (Lipinski definition) is 1. The van der Waals surface area contributed by atoms with E-state index in [0.29, 0.717) is 24.4 Å². The molecule has 0 radical (unpaired) electrons. The predicted molar refractivity (Wildman–Crippen MR) is 98.2 cm³/mol. The number of hydrogen-bond acceptors (Lipinski definition) is 2. The lowest BCUT2D eigenvalue weighted by atomic mass is 9.90. The summed E-state index contributed by atoms with van der Waals surface area (Å²) in [6, 6.07) is 17.6. The molecule has 2 aromatic carbocycles. The number of aryl methyl sites for hydroxylation is 1. The quantitative estimate of drug-likeness (QED) is 0.772. The minimum atomic E-state index is -0.493. The van der Waals surface area contributed by atoms with Gasteiger partial charge < -0.3 is 10.1 Å². The van der Waals surface area contributed by atoms with Crippen molar-refractivity contribution in [2.24, 2.45) is 0 Å². The normalized spacial score (nSPS) is 13.3. The largest absolute Gasteiger partial charge is 0.372 e. The molecule has 0 heterocycles. The van der Waals surface area contributed by atoms with E-state index in [9.17, 15) is 4.79 Å². The van der Waals surface area contributed by atoms with E-state index in [1.807, 2.05) is 54.6 Å². The number of amides is 1. The van der Waals surface area contributed by atoms with Crippen LogP contribution >= 0.6 is 11.6 Å². The van der Waals surface area contributed by atoms with Crippen LogP contribution in [-0.4, -0.2) is 19.6 Å². The van der Waals surface area contributed by atoms with Crippen LogP contribution in [0.2, 0.25) is 5.02 Å². The molecule has 0 saturated carbocycles. The Morgan fingerprint density at radius 3 is 2.54 bits per heavy atom. The molecule has 0 aliphatic heterocycles. The lowest BCUT2D eigenvalue weighted by Gasteiger charge is -2.32. The van der Waals surface area contributed by atoms with Crippen molar-refractivity contribution < 1.29 is 9.53 Å². The first kappa shape index (κ1) is 18.5. The number of nitrogens with one attached hydrogen (secondary N) is 1. The molecular formula is C20H24ClNO2. The van der Waals surface area contributed by atoms with Gasteiger partial charge in [0.25, 0.3) is 0 Å². The van der Waals surface area contributed by atoms with Crippen molar-refractivity contribution in [3.8, 4) is 0 Å². The Bertz CT molecular complexity index is 654. The summed E-state index contributed by atoms with van der Waals surface area (Å²) in [5.74, 6) is 0.0146. The Morgan fingerprint density at radius 2 is 1.92 bits per heavy atom. The summed E-state index contributed by atoms with van der Waals surface area (Å²) in [5.41, 5.74) is 1.65. The number of halogens is 1. The predicted octanol–water partition coefficient (Wildman–Crippen LogP) is 4.34. The summed E-state index contributed by atoms with van der Waals surface area (Å²) in [6.07, 6.45) is 1.88. The number of carbonyl (C=O) groups is 1. The zero-order valence-corrected chi connectivity index (χ0v) is 15.0. The van der Waals surface area contributed by atoms with Gasteiger partial charge in [-0.25, -0.2) is 0 Å². The van der Waals surface area contributed by atoms with Gasteiger partial charge in [0, 0.05) is 18.6 Å². The van der Waals surface area contributed by atoms with Gasteiger partial charge in [-0.2, -0.15) is 0 Å². The Hall–Kier alpha value is -1.84. The Kier molecular flexibility index (Phi) is 6.83. The fourth-order valence-electron chi connectivity index (χ4n) is 2.79. The number of benzene rings is 2. The fourth-order valence-corrected chi connectivity index (χ4v) is 3.00. The zero-order valence-electron chi connectivity index (χ0n) is 14.2. The molecule has 1 amide bonds. The van der Waals surface area contributed by atoms with Crippen molar-refractivity contribution >= 4 is 17.5 Å². The zero-order chi connectivity index (χ0) is 17.4. The molecule has 1 N–H and O–H groups in total. The van der Waals surface area contributed by atoms with Gasteiger partial charge >= 0.3 is 0 Å². The SMILES string of the molecule is CC[C@@](CNC(=O)CCc1cccc(Cl)c1)(OC)c1ccccc1. The highest BCUT2D eigenvalue weighted by molar-refractivity contribution is 6.30. The van der Waals surface area contributed by atoms with Gasteiger partial charge in [-0.1, -0.05) is 61.0 Å². The molecule has 0 bridgehead atoms. The molecule has 1 atom stereocenters. The van der Waals surface area contributed by atoms with Crippen LogP contribution in [0.3, 0.4) is 0 Å². The third-order valence-corrected chi connectivity index (χ3v) is 4.60. The molecule has 0 unspecified atom stereocenters. The standard InChI is InChI=1S/C20H24ClNO2/c1-3-20(24-2,17-9-5-4-6-10-17)15-22-19(23)13-12-16-8-7-11-18(21)14-16/h4-11,14H,3,12-13,15H2,1-2H3,(H,22,23)/t20-/m0/s1. The smallest absolute Gasteiger partial charge is 0.220 e. The summed E-state index contributed by atoms with van der Waals surface area (Å²) in [4.78, 5) is 12.2. The average Bonchev–Trinajstić information content (AvgIpc) is 2.62. The molecule has 0 aliphatic rings. The summed E-state index contributed by atoms with van der Waals surface area (Å²) >= 11 is 5.97. The molecule has 2 rings (SSSR count). The lowest BCUT2D eigenvalue weighted by Crippen LogP contribution is -2.42. The molecule has 3 nitrogen and oxygen atoms in total. The molecule has 0 saturated heterocycles. The highest BCUT2D eigenvalue weighted by Crippen LogP contribution is 2.28. The number of rotatable bonds is 8. The second-order valence-corrected chi connectivity index (χ2v) is 6.26. The minimum Gasteiger partial charge on any atom is -0.372 e. The monoisotopic (exact) mass is 345 g/mol. The van der Waals surface area contributed by atoms with Crippen molar-refractivity contribution in [3.63, 3.8) is 0 Å². The van der Waals surface area contributed by atoms with E-state index in [2.05, 4.69) is 12.2 Å². The molecule has 0 fully saturated rings. The minimum absolute atomic E-state index is 0.0146. The lowest BCUT2D eigenvalue weighted by molar-refractivity contribution is -0.123. The summed E-state index contributed by atoms with van der Waals surface area (Å²) in [6.45, 7) is 2.52. The van der Waals surface area contributed by atoms with Crippen LogP contribution in [0.1, 0.15) is 30.9 Å². The van der Waals surface area contributed by atoms with Crippen LogP contribution in [0.4, 0.5) is 0 Å². The maximum Gasteiger partial charge on any atom is 0.220 e. The summed E-state index contributed by atoms with van der Waals surface area (Å²) < 4.78 is 5.77. The van der Waals surface area contributed by atoms with Crippen LogP contribution in [0.25, 0.3) is 0 Å². The number of methoxy groups -OCH3 is 1. The van der Waals surface area contributed by atoms with Crippen LogP contribution in [-0.2, 0) is 21.6 Å². The average molecular weight is 346 g/mol. The van der Waals surface area contributed by atoms with Crippen molar-refractivity contribution in [1.29, 1.82) is 0 Å². The van der Waals surface area contributed by atoms with Gasteiger partial charge in [0.2, 0.25) is 5.91 Å². The maximum absolute atomic E-state index is 12.2. The molecule has 0 aromatic heterocycles. The first-order valence-corrected chi connectivity index (χ1v) is 8.59. The molecule has 24 heavy (non-hydrogen) atoms. The van der Waals surface area contributed by atoms with Gasteiger partial charge in [-0.05, 0) is 36.1 Å². The highest BCUT2D eigenvalue weighted by atomic mass is 35.5. The van der Waals surface area contributed by atoms with Gasteiger partial charge in [-0.3, -0.25) is 4.79 Å². The highest BCUT2D eigenvalue weighted by Gasteiger charge is 2.30. The molecule has 2 aromatic rings. The van der Waals surface area contributed by atoms with Gasteiger partial charge in [0.05, 0.1) is 6.54 Å². The van der Waals surface area contributed by atoms with Crippen molar-refractivity contribution in [2.45, 2.75) is 31.8 Å². The van der Waals surface area contributed by atoms with Crippen molar-refractivity contribution in [2.75, 3.05) is 13.7 Å². The van der Waals surface area contributed by atoms with Crippen molar-refractivity contribution in [1.82, 2.24) is 5.32 Å². The van der Waals surface area contributed by atoms with E-state index in [-0.39, 0.29) is 5.91 Å². The third kappa shape index (κ3) is 4.83. The van der Waals surface area contributed by atoms with Crippen LogP contribution in [0, 0.1) is 0 Å².